The molecular formula is C22H25N3O. The van der Waals surface area contributed by atoms with Crippen molar-refractivity contribution in [2.75, 3.05) is 17.3 Å². The Morgan fingerprint density at radius 2 is 1.65 bits per heavy atom. The lowest BCUT2D eigenvalue weighted by atomic mass is 10.1. The summed E-state index contributed by atoms with van der Waals surface area (Å²) in [7, 11) is 2.04. The fourth-order valence-electron chi connectivity index (χ4n) is 3.07. The van der Waals surface area contributed by atoms with Crippen LogP contribution in [0.1, 0.15) is 24.9 Å². The number of nitrogens with zero attached hydrogens (tertiary/aromatic N) is 2. The first kappa shape index (κ1) is 17.8. The van der Waals surface area contributed by atoms with Crippen molar-refractivity contribution in [3.05, 3.63) is 84.7 Å². The molecule has 0 saturated heterocycles. The van der Waals surface area contributed by atoms with E-state index in [-0.39, 0.29) is 11.9 Å². The summed E-state index contributed by atoms with van der Waals surface area (Å²) in [6.07, 6.45) is 4.41. The minimum Gasteiger partial charge on any atom is -0.369 e. The maximum absolute atomic E-state index is 12.5. The van der Waals surface area contributed by atoms with Crippen LogP contribution in [0.5, 0.6) is 0 Å². The second-order valence-corrected chi connectivity index (χ2v) is 6.59. The molecule has 0 aliphatic heterocycles. The van der Waals surface area contributed by atoms with Gasteiger partial charge >= 0.3 is 0 Å². The van der Waals surface area contributed by atoms with E-state index in [1.807, 2.05) is 85.5 Å². The molecule has 2 aromatic carbocycles. The predicted octanol–water partition coefficient (Wildman–Crippen LogP) is 4.71. The number of benzene rings is 2. The Labute approximate surface area is 155 Å². The number of para-hydroxylation sites is 2. The maximum atomic E-state index is 12.5. The first-order valence-corrected chi connectivity index (χ1v) is 8.90. The number of hydrogen-bond donors (Lipinski definition) is 1. The first-order chi connectivity index (χ1) is 12.6. The van der Waals surface area contributed by atoms with Crippen LogP contribution in [0.25, 0.3) is 0 Å². The topological polar surface area (TPSA) is 37.3 Å². The largest absolute Gasteiger partial charge is 0.369 e. The van der Waals surface area contributed by atoms with Gasteiger partial charge in [0.1, 0.15) is 0 Å². The maximum Gasteiger partial charge on any atom is 0.226 e. The molecule has 4 nitrogen and oxygen atoms in total. The zero-order valence-corrected chi connectivity index (χ0v) is 15.3. The third kappa shape index (κ3) is 4.54. The predicted molar refractivity (Wildman–Crippen MR) is 107 cm³/mol. The number of aromatic nitrogens is 1. The Morgan fingerprint density at radius 3 is 2.38 bits per heavy atom. The van der Waals surface area contributed by atoms with Crippen LogP contribution in [0.3, 0.4) is 0 Å². The van der Waals surface area contributed by atoms with Gasteiger partial charge in [-0.05, 0) is 36.8 Å². The van der Waals surface area contributed by atoms with Crippen molar-refractivity contribution < 1.29 is 4.79 Å². The Hall–Kier alpha value is -3.01. The molecule has 134 valence electrons. The summed E-state index contributed by atoms with van der Waals surface area (Å²) in [5.74, 6) is 0.0201. The molecule has 26 heavy (non-hydrogen) atoms. The second kappa shape index (κ2) is 8.39. The molecular weight excluding hydrogens is 322 g/mol. The van der Waals surface area contributed by atoms with Crippen LogP contribution in [0.15, 0.2) is 79.1 Å². The fraction of sp³-hybridized carbons (Fsp3) is 0.227. The normalized spacial score (nSPS) is 11.8. The molecule has 0 fully saturated rings. The molecule has 1 aromatic heterocycles. The molecule has 0 bridgehead atoms. The third-order valence-electron chi connectivity index (χ3n) is 4.47. The SMILES string of the molecule is CC(CC(=O)Nc1ccccc1N(C)Cc1ccccc1)n1cccc1. The lowest BCUT2D eigenvalue weighted by molar-refractivity contribution is -0.116. The number of rotatable bonds is 7. The van der Waals surface area contributed by atoms with E-state index >= 15 is 0 Å². The van der Waals surface area contributed by atoms with E-state index in [0.717, 1.165) is 17.9 Å². The standard InChI is InChI=1S/C22H25N3O/c1-18(25-14-8-9-15-25)16-22(26)23-20-12-6-7-13-21(20)24(2)17-19-10-4-3-5-11-19/h3-15,18H,16-17H2,1-2H3,(H,23,26). The molecule has 1 unspecified atom stereocenters. The monoisotopic (exact) mass is 347 g/mol. The van der Waals surface area contributed by atoms with E-state index < -0.39 is 0 Å². The summed E-state index contributed by atoms with van der Waals surface area (Å²) in [5, 5.41) is 3.08. The molecule has 1 atom stereocenters. The summed E-state index contributed by atoms with van der Waals surface area (Å²) in [6, 6.07) is 22.3. The lowest BCUT2D eigenvalue weighted by Crippen LogP contribution is -2.21. The Bertz CT molecular complexity index is 828. The van der Waals surface area contributed by atoms with Crippen molar-refractivity contribution in [1.29, 1.82) is 0 Å². The van der Waals surface area contributed by atoms with Gasteiger partial charge in [-0.2, -0.15) is 0 Å². The smallest absolute Gasteiger partial charge is 0.226 e. The number of nitrogens with one attached hydrogen (secondary N) is 1. The molecule has 0 saturated carbocycles. The quantitative estimate of drug-likeness (QED) is 0.672. The van der Waals surface area contributed by atoms with Gasteiger partial charge in [0.25, 0.3) is 0 Å². The van der Waals surface area contributed by atoms with E-state index in [2.05, 4.69) is 22.3 Å². The van der Waals surface area contributed by atoms with Gasteiger partial charge in [0, 0.05) is 38.4 Å². The minimum atomic E-state index is 0.0201. The summed E-state index contributed by atoms with van der Waals surface area (Å²) in [4.78, 5) is 14.7. The van der Waals surface area contributed by atoms with Gasteiger partial charge in [-0.1, -0.05) is 42.5 Å². The van der Waals surface area contributed by atoms with E-state index in [4.69, 9.17) is 0 Å². The average molecular weight is 347 g/mol. The molecule has 1 amide bonds. The average Bonchev–Trinajstić information content (AvgIpc) is 3.17. The number of anilines is 2. The summed E-state index contributed by atoms with van der Waals surface area (Å²) in [5.41, 5.74) is 3.09. The van der Waals surface area contributed by atoms with Gasteiger partial charge in [0.05, 0.1) is 11.4 Å². The highest BCUT2D eigenvalue weighted by atomic mass is 16.1. The highest BCUT2D eigenvalue weighted by Gasteiger charge is 2.13. The zero-order chi connectivity index (χ0) is 18.4. The van der Waals surface area contributed by atoms with Gasteiger partial charge < -0.3 is 14.8 Å². The van der Waals surface area contributed by atoms with Crippen LogP contribution in [0.2, 0.25) is 0 Å². The van der Waals surface area contributed by atoms with Gasteiger partial charge in [-0.3, -0.25) is 4.79 Å². The first-order valence-electron chi connectivity index (χ1n) is 8.90. The van der Waals surface area contributed by atoms with E-state index in [9.17, 15) is 4.79 Å². The van der Waals surface area contributed by atoms with Crippen LogP contribution >= 0.6 is 0 Å². The molecule has 1 N–H and O–H groups in total. The number of carbonyl (C=O) groups excluding carboxylic acids is 1. The lowest BCUT2D eigenvalue weighted by Gasteiger charge is -2.23. The fourth-order valence-corrected chi connectivity index (χ4v) is 3.07. The Kier molecular flexibility index (Phi) is 5.74. The summed E-state index contributed by atoms with van der Waals surface area (Å²) >= 11 is 0. The molecule has 1 heterocycles. The second-order valence-electron chi connectivity index (χ2n) is 6.59. The van der Waals surface area contributed by atoms with Crippen molar-refractivity contribution in [2.45, 2.75) is 25.9 Å². The molecule has 0 radical (unpaired) electrons. The van der Waals surface area contributed by atoms with Crippen LogP contribution in [0.4, 0.5) is 11.4 Å². The van der Waals surface area contributed by atoms with E-state index in [0.29, 0.717) is 6.42 Å². The van der Waals surface area contributed by atoms with Crippen molar-refractivity contribution in [3.63, 3.8) is 0 Å². The van der Waals surface area contributed by atoms with Gasteiger partial charge in [0.2, 0.25) is 5.91 Å². The Morgan fingerprint density at radius 1 is 1.00 bits per heavy atom. The van der Waals surface area contributed by atoms with Crippen molar-refractivity contribution in [2.24, 2.45) is 0 Å². The van der Waals surface area contributed by atoms with E-state index in [1.54, 1.807) is 0 Å². The third-order valence-corrected chi connectivity index (χ3v) is 4.47. The molecule has 0 aliphatic carbocycles. The molecule has 4 heteroatoms. The molecule has 0 spiro atoms. The van der Waals surface area contributed by atoms with Crippen LogP contribution in [-0.4, -0.2) is 17.5 Å². The highest BCUT2D eigenvalue weighted by molar-refractivity contribution is 5.94. The van der Waals surface area contributed by atoms with Gasteiger partial charge in [-0.15, -0.1) is 0 Å². The van der Waals surface area contributed by atoms with Crippen molar-refractivity contribution in [3.8, 4) is 0 Å². The highest BCUT2D eigenvalue weighted by Crippen LogP contribution is 2.26. The van der Waals surface area contributed by atoms with Crippen LogP contribution in [-0.2, 0) is 11.3 Å². The van der Waals surface area contributed by atoms with Crippen LogP contribution in [0, 0.1) is 0 Å². The van der Waals surface area contributed by atoms with Crippen molar-refractivity contribution in [1.82, 2.24) is 4.57 Å². The Balaban J connectivity index is 1.67. The van der Waals surface area contributed by atoms with Gasteiger partial charge in [-0.25, -0.2) is 0 Å². The van der Waals surface area contributed by atoms with Crippen LogP contribution < -0.4 is 10.2 Å². The molecule has 3 rings (SSSR count). The summed E-state index contributed by atoms with van der Waals surface area (Å²) in [6.45, 7) is 2.83. The van der Waals surface area contributed by atoms with E-state index in [1.165, 1.54) is 5.56 Å². The number of hydrogen-bond acceptors (Lipinski definition) is 2. The van der Waals surface area contributed by atoms with Crippen molar-refractivity contribution >= 4 is 17.3 Å². The zero-order valence-electron chi connectivity index (χ0n) is 15.3. The van der Waals surface area contributed by atoms with Gasteiger partial charge in [0.15, 0.2) is 0 Å². The number of amides is 1. The molecule has 0 aliphatic rings. The molecule has 3 aromatic rings. The number of carbonyl (C=O) groups is 1. The minimum absolute atomic E-state index is 0.0201. The summed E-state index contributed by atoms with van der Waals surface area (Å²) < 4.78 is 2.05.